The molecule has 0 aliphatic carbocycles. The number of nitrogens with one attached hydrogen (secondary N) is 1. The van der Waals surface area contributed by atoms with E-state index in [0.29, 0.717) is 16.8 Å². The van der Waals surface area contributed by atoms with E-state index in [1.54, 1.807) is 0 Å². The van der Waals surface area contributed by atoms with E-state index < -0.39 is 0 Å². The average Bonchev–Trinajstić information content (AvgIpc) is 3.03. The zero-order chi connectivity index (χ0) is 18.1. The van der Waals surface area contributed by atoms with Gasteiger partial charge in [-0.3, -0.25) is 4.79 Å². The summed E-state index contributed by atoms with van der Waals surface area (Å²) in [6.07, 6.45) is 3.43. The third-order valence-electron chi connectivity index (χ3n) is 4.92. The Labute approximate surface area is 156 Å². The number of H-pyrrole nitrogens is 1. The Kier molecular flexibility index (Phi) is 4.80. The smallest absolute Gasteiger partial charge is 0.233 e. The maximum Gasteiger partial charge on any atom is 0.233 e. The molecule has 3 aromatic rings. The highest BCUT2D eigenvalue weighted by molar-refractivity contribution is 7.99. The van der Waals surface area contributed by atoms with E-state index in [4.69, 9.17) is 0 Å². The second kappa shape index (κ2) is 7.23. The van der Waals surface area contributed by atoms with E-state index in [9.17, 15) is 4.79 Å². The van der Waals surface area contributed by atoms with Crippen LogP contribution in [-0.2, 0) is 4.79 Å². The van der Waals surface area contributed by atoms with Crippen molar-refractivity contribution in [2.24, 2.45) is 0 Å². The second-order valence-corrected chi connectivity index (χ2v) is 8.05. The van der Waals surface area contributed by atoms with Gasteiger partial charge >= 0.3 is 0 Å². The maximum atomic E-state index is 12.3. The minimum atomic E-state index is 0.164. The molecular formula is C19H23N5OS. The van der Waals surface area contributed by atoms with Crippen LogP contribution < -0.4 is 0 Å². The second-order valence-electron chi connectivity index (χ2n) is 7.11. The Morgan fingerprint density at radius 3 is 2.81 bits per heavy atom. The minimum Gasteiger partial charge on any atom is -0.342 e. The summed E-state index contributed by atoms with van der Waals surface area (Å²) in [7, 11) is 0. The van der Waals surface area contributed by atoms with E-state index >= 15 is 0 Å². The van der Waals surface area contributed by atoms with Crippen LogP contribution in [0.2, 0.25) is 0 Å². The summed E-state index contributed by atoms with van der Waals surface area (Å²) in [6, 6.07) is 6.35. The summed E-state index contributed by atoms with van der Waals surface area (Å²) < 4.78 is 0. The summed E-state index contributed by atoms with van der Waals surface area (Å²) >= 11 is 1.36. The van der Waals surface area contributed by atoms with Crippen LogP contribution in [0.3, 0.4) is 0 Å². The molecule has 1 aliphatic rings. The van der Waals surface area contributed by atoms with Gasteiger partial charge in [0.15, 0.2) is 5.65 Å². The van der Waals surface area contributed by atoms with Gasteiger partial charge < -0.3 is 9.88 Å². The lowest BCUT2D eigenvalue weighted by Gasteiger charge is -2.26. The number of fused-ring (bicyclic) bond motifs is 3. The molecule has 3 heterocycles. The molecule has 4 rings (SSSR count). The van der Waals surface area contributed by atoms with E-state index in [1.807, 2.05) is 4.90 Å². The van der Waals surface area contributed by atoms with Crippen molar-refractivity contribution < 1.29 is 4.79 Å². The zero-order valence-electron chi connectivity index (χ0n) is 15.2. The Balaban J connectivity index is 1.53. The quantitative estimate of drug-likeness (QED) is 0.709. The number of thioether (sulfide) groups is 1. The monoisotopic (exact) mass is 369 g/mol. The lowest BCUT2D eigenvalue weighted by atomic mass is 10.0. The van der Waals surface area contributed by atoms with E-state index in [1.165, 1.54) is 23.7 Å². The number of aromatic amines is 1. The zero-order valence-corrected chi connectivity index (χ0v) is 16.0. The van der Waals surface area contributed by atoms with Crippen LogP contribution in [-0.4, -0.2) is 49.8 Å². The number of rotatable bonds is 4. The number of carbonyl (C=O) groups excluding carboxylic acids is 1. The van der Waals surface area contributed by atoms with Crippen LogP contribution in [0.4, 0.5) is 0 Å². The number of amides is 1. The first-order chi connectivity index (χ1) is 12.6. The molecule has 0 bridgehead atoms. The van der Waals surface area contributed by atoms with Crippen LogP contribution in [0.15, 0.2) is 23.4 Å². The summed E-state index contributed by atoms with van der Waals surface area (Å²) in [4.78, 5) is 22.1. The average molecular weight is 369 g/mol. The molecule has 26 heavy (non-hydrogen) atoms. The molecule has 0 spiro atoms. The van der Waals surface area contributed by atoms with Crippen molar-refractivity contribution >= 4 is 39.7 Å². The van der Waals surface area contributed by atoms with Gasteiger partial charge in [0.05, 0.1) is 5.75 Å². The lowest BCUT2D eigenvalue weighted by molar-refractivity contribution is -0.129. The Morgan fingerprint density at radius 2 is 2.04 bits per heavy atom. The molecular weight excluding hydrogens is 346 g/mol. The summed E-state index contributed by atoms with van der Waals surface area (Å²) in [5.41, 5.74) is 3.79. The molecule has 0 saturated carbocycles. The number of aromatic nitrogens is 4. The van der Waals surface area contributed by atoms with Gasteiger partial charge in [0, 0.05) is 24.0 Å². The summed E-state index contributed by atoms with van der Waals surface area (Å²) in [5.74, 6) is 0.989. The van der Waals surface area contributed by atoms with Crippen molar-refractivity contribution in [1.82, 2.24) is 25.1 Å². The fraction of sp³-hybridized carbons (Fsp3) is 0.474. The minimum absolute atomic E-state index is 0.164. The summed E-state index contributed by atoms with van der Waals surface area (Å²) in [6.45, 7) is 6.09. The predicted octanol–water partition coefficient (Wildman–Crippen LogP) is 3.73. The first-order valence-corrected chi connectivity index (χ1v) is 10.2. The summed E-state index contributed by atoms with van der Waals surface area (Å²) in [5, 5.41) is 10.2. The van der Waals surface area contributed by atoms with Gasteiger partial charge in [-0.25, -0.2) is 4.98 Å². The molecule has 0 unspecified atom stereocenters. The van der Waals surface area contributed by atoms with Gasteiger partial charge in [-0.05, 0) is 42.9 Å². The molecule has 2 aromatic heterocycles. The molecule has 1 fully saturated rings. The van der Waals surface area contributed by atoms with Crippen molar-refractivity contribution in [3.8, 4) is 0 Å². The molecule has 1 saturated heterocycles. The molecule has 7 heteroatoms. The normalized spacial score (nSPS) is 15.3. The van der Waals surface area contributed by atoms with Crippen molar-refractivity contribution in [1.29, 1.82) is 0 Å². The van der Waals surface area contributed by atoms with E-state index in [-0.39, 0.29) is 5.91 Å². The van der Waals surface area contributed by atoms with Crippen molar-refractivity contribution in [2.45, 2.75) is 44.2 Å². The Bertz CT molecular complexity index is 946. The van der Waals surface area contributed by atoms with Crippen molar-refractivity contribution in [3.05, 3.63) is 23.8 Å². The molecule has 1 amide bonds. The molecule has 1 aromatic carbocycles. The Hall–Kier alpha value is -2.15. The fourth-order valence-electron chi connectivity index (χ4n) is 3.36. The highest BCUT2D eigenvalue weighted by Crippen LogP contribution is 2.27. The Morgan fingerprint density at radius 1 is 1.23 bits per heavy atom. The molecule has 0 atom stereocenters. The third-order valence-corrected chi connectivity index (χ3v) is 5.74. The topological polar surface area (TPSA) is 74.8 Å². The standard InChI is InChI=1S/C19H23N5OS/c1-12(2)13-6-7-15-14(10-13)17-18(20-15)21-19(23-22-17)26-11-16(25)24-8-4-3-5-9-24/h6-7,10,12H,3-5,8-9,11H2,1-2H3,(H,20,21,23). The molecule has 136 valence electrons. The molecule has 1 N–H and O–H groups in total. The van der Waals surface area contributed by atoms with Crippen LogP contribution >= 0.6 is 11.8 Å². The highest BCUT2D eigenvalue weighted by Gasteiger charge is 2.17. The van der Waals surface area contributed by atoms with Gasteiger partial charge in [0.2, 0.25) is 11.1 Å². The fourth-order valence-corrected chi connectivity index (χ4v) is 4.04. The number of hydrogen-bond donors (Lipinski definition) is 1. The van der Waals surface area contributed by atoms with Gasteiger partial charge in [-0.2, -0.15) is 0 Å². The van der Waals surface area contributed by atoms with Crippen LogP contribution in [0.25, 0.3) is 22.1 Å². The first kappa shape index (κ1) is 17.3. The number of carbonyl (C=O) groups is 1. The number of piperidine rings is 1. The van der Waals surface area contributed by atoms with Gasteiger partial charge in [-0.15, -0.1) is 10.2 Å². The number of hydrogen-bond acceptors (Lipinski definition) is 5. The number of benzene rings is 1. The largest absolute Gasteiger partial charge is 0.342 e. The maximum absolute atomic E-state index is 12.3. The first-order valence-electron chi connectivity index (χ1n) is 9.18. The SMILES string of the molecule is CC(C)c1ccc2[nH]c3nc(SCC(=O)N4CCCCC4)nnc3c2c1. The molecule has 0 radical (unpaired) electrons. The van der Waals surface area contributed by atoms with Gasteiger partial charge in [0.1, 0.15) is 5.52 Å². The molecule has 6 nitrogen and oxygen atoms in total. The van der Waals surface area contributed by atoms with Gasteiger partial charge in [0.25, 0.3) is 0 Å². The number of nitrogens with zero attached hydrogens (tertiary/aromatic N) is 4. The van der Waals surface area contributed by atoms with E-state index in [0.717, 1.165) is 48.0 Å². The van der Waals surface area contributed by atoms with Crippen LogP contribution in [0.5, 0.6) is 0 Å². The third kappa shape index (κ3) is 3.40. The van der Waals surface area contributed by atoms with Crippen molar-refractivity contribution in [2.75, 3.05) is 18.8 Å². The number of likely N-dealkylation sites (tertiary alicyclic amines) is 1. The molecule has 1 aliphatic heterocycles. The highest BCUT2D eigenvalue weighted by atomic mass is 32.2. The van der Waals surface area contributed by atoms with Crippen LogP contribution in [0.1, 0.15) is 44.6 Å². The van der Waals surface area contributed by atoms with Crippen LogP contribution in [0, 0.1) is 0 Å². The predicted molar refractivity (Wildman–Crippen MR) is 104 cm³/mol. The van der Waals surface area contributed by atoms with E-state index in [2.05, 4.69) is 52.2 Å². The lowest BCUT2D eigenvalue weighted by Crippen LogP contribution is -2.36. The van der Waals surface area contributed by atoms with Crippen molar-refractivity contribution in [3.63, 3.8) is 0 Å². The van der Waals surface area contributed by atoms with Gasteiger partial charge in [-0.1, -0.05) is 31.7 Å².